The number of amides is 1. The molecule has 1 amide bonds. The molecule has 3 rings (SSSR count). The fourth-order valence-electron chi connectivity index (χ4n) is 2.82. The summed E-state index contributed by atoms with van der Waals surface area (Å²) in [5.74, 6) is -0.225. The van der Waals surface area contributed by atoms with Crippen molar-refractivity contribution in [1.29, 1.82) is 0 Å². The van der Waals surface area contributed by atoms with E-state index in [1.165, 1.54) is 24.3 Å². The Morgan fingerprint density at radius 2 is 1.71 bits per heavy atom. The molecule has 0 N–H and O–H groups in total. The van der Waals surface area contributed by atoms with Gasteiger partial charge in [-0.05, 0) is 42.3 Å². The van der Waals surface area contributed by atoms with Gasteiger partial charge in [0.1, 0.15) is 11.6 Å². The molecule has 2 aromatic rings. The van der Waals surface area contributed by atoms with Crippen molar-refractivity contribution in [2.24, 2.45) is 0 Å². The maximum atomic E-state index is 14.5. The molecule has 1 aliphatic heterocycles. The quantitative estimate of drug-likeness (QED) is 0.835. The maximum Gasteiger partial charge on any atom is 0.254 e. The maximum absolute atomic E-state index is 14.5. The molecule has 6 heteroatoms. The zero-order valence-corrected chi connectivity index (χ0v) is 14.0. The van der Waals surface area contributed by atoms with Gasteiger partial charge in [0.2, 0.25) is 0 Å². The fourth-order valence-corrected chi connectivity index (χ4v) is 3.87. The summed E-state index contributed by atoms with van der Waals surface area (Å²) < 4.78 is 39.1. The van der Waals surface area contributed by atoms with Gasteiger partial charge in [0, 0.05) is 46.5 Å². The first kappa shape index (κ1) is 16.8. The van der Waals surface area contributed by atoms with Crippen molar-refractivity contribution in [2.75, 3.05) is 24.6 Å². The van der Waals surface area contributed by atoms with E-state index in [1.54, 1.807) is 24.0 Å². The van der Waals surface area contributed by atoms with Gasteiger partial charge < -0.3 is 4.90 Å². The van der Waals surface area contributed by atoms with Crippen LogP contribution in [0.2, 0.25) is 0 Å². The highest BCUT2D eigenvalue weighted by Gasteiger charge is 2.22. The van der Waals surface area contributed by atoms with E-state index in [0.717, 1.165) is 0 Å². The highest BCUT2D eigenvalue weighted by Crippen LogP contribution is 2.27. The molecule has 0 saturated carbocycles. The third kappa shape index (κ3) is 3.38. The van der Waals surface area contributed by atoms with E-state index in [9.17, 15) is 17.8 Å². The van der Waals surface area contributed by atoms with E-state index >= 15 is 0 Å². The average molecular weight is 349 g/mol. The van der Waals surface area contributed by atoms with Crippen molar-refractivity contribution in [1.82, 2.24) is 4.90 Å². The minimum Gasteiger partial charge on any atom is -0.337 e. The van der Waals surface area contributed by atoms with Crippen molar-refractivity contribution in [3.8, 4) is 11.1 Å². The second kappa shape index (κ2) is 6.81. The van der Waals surface area contributed by atoms with Gasteiger partial charge in [0.25, 0.3) is 5.91 Å². The lowest BCUT2D eigenvalue weighted by molar-refractivity contribution is 0.0771. The predicted octanol–water partition coefficient (Wildman–Crippen LogP) is 3.14. The number of carbonyl (C=O) groups is 1. The number of carbonyl (C=O) groups excluding carboxylic acids is 1. The first-order valence-corrected chi connectivity index (χ1v) is 9.15. The molecule has 126 valence electrons. The van der Waals surface area contributed by atoms with Crippen molar-refractivity contribution < 1.29 is 17.8 Å². The molecule has 0 unspecified atom stereocenters. The third-order valence-corrected chi connectivity index (χ3v) is 5.44. The lowest BCUT2D eigenvalue weighted by Gasteiger charge is -2.26. The summed E-state index contributed by atoms with van der Waals surface area (Å²) in [5, 5.41) is 0. The van der Waals surface area contributed by atoms with Crippen LogP contribution in [0.5, 0.6) is 0 Å². The van der Waals surface area contributed by atoms with Crippen LogP contribution in [0.3, 0.4) is 0 Å². The molecule has 1 saturated heterocycles. The van der Waals surface area contributed by atoms with Gasteiger partial charge in [-0.3, -0.25) is 9.00 Å². The lowest BCUT2D eigenvalue weighted by atomic mass is 9.98. The molecule has 0 bridgehead atoms. The zero-order valence-electron chi connectivity index (χ0n) is 13.2. The van der Waals surface area contributed by atoms with Gasteiger partial charge >= 0.3 is 0 Å². The topological polar surface area (TPSA) is 37.4 Å². The monoisotopic (exact) mass is 349 g/mol. The molecular weight excluding hydrogens is 332 g/mol. The van der Waals surface area contributed by atoms with Gasteiger partial charge in [-0.15, -0.1) is 0 Å². The Bertz CT molecular complexity index is 813. The number of benzene rings is 2. The smallest absolute Gasteiger partial charge is 0.254 e. The molecule has 0 spiro atoms. The summed E-state index contributed by atoms with van der Waals surface area (Å²) in [6, 6.07) is 8.51. The molecule has 24 heavy (non-hydrogen) atoms. The molecule has 1 heterocycles. The Morgan fingerprint density at radius 3 is 2.33 bits per heavy atom. The molecule has 0 atom stereocenters. The summed E-state index contributed by atoms with van der Waals surface area (Å²) >= 11 is 0. The van der Waals surface area contributed by atoms with Gasteiger partial charge in [-0.2, -0.15) is 0 Å². The second-order valence-corrected chi connectivity index (χ2v) is 7.49. The zero-order chi connectivity index (χ0) is 17.3. The summed E-state index contributed by atoms with van der Waals surface area (Å²) in [6.07, 6.45) is 0. The number of nitrogens with zero attached hydrogens (tertiary/aromatic N) is 1. The van der Waals surface area contributed by atoms with Gasteiger partial charge in [-0.1, -0.05) is 12.1 Å². The number of rotatable bonds is 2. The Hall–Kier alpha value is -2.08. The summed E-state index contributed by atoms with van der Waals surface area (Å²) in [6.45, 7) is 2.56. The van der Waals surface area contributed by atoms with E-state index in [1.807, 2.05) is 0 Å². The Kier molecular flexibility index (Phi) is 4.76. The van der Waals surface area contributed by atoms with Crippen molar-refractivity contribution in [2.45, 2.75) is 6.92 Å². The molecule has 1 aliphatic rings. The van der Waals surface area contributed by atoms with Crippen molar-refractivity contribution in [3.63, 3.8) is 0 Å². The first-order valence-electron chi connectivity index (χ1n) is 7.66. The summed E-state index contributed by atoms with van der Waals surface area (Å²) in [4.78, 5) is 14.0. The van der Waals surface area contributed by atoms with E-state index in [-0.39, 0.29) is 17.3 Å². The van der Waals surface area contributed by atoms with Crippen LogP contribution in [0, 0.1) is 18.6 Å². The molecule has 2 aromatic carbocycles. The van der Waals surface area contributed by atoms with Gasteiger partial charge in [0.15, 0.2) is 0 Å². The van der Waals surface area contributed by atoms with Crippen molar-refractivity contribution in [3.05, 3.63) is 59.2 Å². The standard InChI is InChI=1S/C18H17F2NO2S/c1-12-10-14(19)3-5-15(12)16-4-2-13(11-17(16)20)18(22)21-6-8-24(23)9-7-21/h2-5,10-11H,6-9H2,1H3. The second-order valence-electron chi connectivity index (χ2n) is 5.79. The number of aryl methyl sites for hydroxylation is 1. The molecule has 3 nitrogen and oxygen atoms in total. The van der Waals surface area contributed by atoms with Crippen LogP contribution in [0.15, 0.2) is 36.4 Å². The Morgan fingerprint density at radius 1 is 1.04 bits per heavy atom. The highest BCUT2D eigenvalue weighted by atomic mass is 32.2. The lowest BCUT2D eigenvalue weighted by Crippen LogP contribution is -2.41. The fraction of sp³-hybridized carbons (Fsp3) is 0.278. The summed E-state index contributed by atoms with van der Waals surface area (Å²) in [7, 11) is -0.870. The molecule has 0 aromatic heterocycles. The number of hydrogen-bond acceptors (Lipinski definition) is 2. The van der Waals surface area contributed by atoms with Crippen LogP contribution in [-0.2, 0) is 10.8 Å². The van der Waals surface area contributed by atoms with Crippen LogP contribution < -0.4 is 0 Å². The van der Waals surface area contributed by atoms with Crippen LogP contribution >= 0.6 is 0 Å². The van der Waals surface area contributed by atoms with Gasteiger partial charge in [0.05, 0.1) is 0 Å². The average Bonchev–Trinajstić information content (AvgIpc) is 2.55. The van der Waals surface area contributed by atoms with Crippen LogP contribution in [0.4, 0.5) is 8.78 Å². The number of halogens is 2. The molecule has 0 radical (unpaired) electrons. The first-order chi connectivity index (χ1) is 11.5. The number of hydrogen-bond donors (Lipinski definition) is 0. The minimum atomic E-state index is -0.870. The predicted molar refractivity (Wildman–Crippen MR) is 90.3 cm³/mol. The molecular formula is C18H17F2NO2S. The van der Waals surface area contributed by atoms with E-state index in [4.69, 9.17) is 0 Å². The van der Waals surface area contributed by atoms with Crippen LogP contribution in [0.1, 0.15) is 15.9 Å². The largest absolute Gasteiger partial charge is 0.337 e. The molecule has 1 fully saturated rings. The minimum absolute atomic E-state index is 0.257. The van der Waals surface area contributed by atoms with E-state index < -0.39 is 16.6 Å². The Labute approximate surface area is 141 Å². The third-order valence-electron chi connectivity index (χ3n) is 4.16. The normalized spacial score (nSPS) is 15.5. The summed E-state index contributed by atoms with van der Waals surface area (Å²) in [5.41, 5.74) is 1.83. The van der Waals surface area contributed by atoms with Crippen molar-refractivity contribution >= 4 is 16.7 Å². The van der Waals surface area contributed by atoms with Gasteiger partial charge in [-0.25, -0.2) is 8.78 Å². The molecule has 0 aliphatic carbocycles. The SMILES string of the molecule is Cc1cc(F)ccc1-c1ccc(C(=O)N2CCS(=O)CC2)cc1F. The van der Waals surface area contributed by atoms with Crippen LogP contribution in [-0.4, -0.2) is 39.6 Å². The van der Waals surface area contributed by atoms with Crippen LogP contribution in [0.25, 0.3) is 11.1 Å². The van der Waals surface area contributed by atoms with E-state index in [0.29, 0.717) is 41.3 Å². The van der Waals surface area contributed by atoms with E-state index in [2.05, 4.69) is 0 Å². The highest BCUT2D eigenvalue weighted by molar-refractivity contribution is 7.85. The Balaban J connectivity index is 1.87.